The van der Waals surface area contributed by atoms with Crippen LogP contribution in [0.2, 0.25) is 0 Å². The molecule has 1 aromatic carbocycles. The molecule has 5 aliphatic rings. The number of quaternary nitrogens is 1. The van der Waals surface area contributed by atoms with Crippen LogP contribution in [0.4, 0.5) is 11.4 Å². The van der Waals surface area contributed by atoms with Crippen LogP contribution in [0.3, 0.4) is 0 Å². The Morgan fingerprint density at radius 2 is 1.63 bits per heavy atom. The van der Waals surface area contributed by atoms with Gasteiger partial charge in [-0.15, -0.1) is 0 Å². The lowest BCUT2D eigenvalue weighted by atomic mass is 9.33. The first-order chi connectivity index (χ1) is 21.3. The van der Waals surface area contributed by atoms with Crippen molar-refractivity contribution < 1.29 is 29.6 Å². The van der Waals surface area contributed by atoms with Crippen LogP contribution in [0, 0.1) is 55.5 Å². The standard InChI is InChI=1S/C38H54N2O6/c1-23(41)46-30-14-15-36(6)29(33(30,2)3)13-16-38(8)31(36)28(42)21-24-25-22-35(5,18-17-34(25,4)19-20-37(24,38)7)32(43)39-26-11-9-10-12-27(26)40(44)45/h9-12,21,25,29-31,40,44H,13-20,22H2,1-8H3,(H,39,43)/t25-,29-,30-,31-,34-,35+,36-,37+,38-/m1/s1. The van der Waals surface area contributed by atoms with Gasteiger partial charge >= 0.3 is 5.97 Å². The maximum absolute atomic E-state index is 14.7. The second kappa shape index (κ2) is 10.7. The molecular formula is C38H54N2O6. The molecule has 0 aliphatic heterocycles. The van der Waals surface area contributed by atoms with E-state index in [0.717, 1.165) is 51.4 Å². The SMILES string of the molecule is CC(=O)O[C@@H]1CC[C@]2(C)[C@H](CC[C@]3(C)[C@@H]2C(=O)C=C2[C@H]4C[C@@](C)(C(=O)Nc5ccccc5[NH+]([O-])O)CC[C@]4(C)CC[C@@]23C)C1(C)C. The molecule has 3 N–H and O–H groups in total. The van der Waals surface area contributed by atoms with E-state index in [1.54, 1.807) is 18.2 Å². The molecule has 10 atom stereocenters. The van der Waals surface area contributed by atoms with E-state index in [1.165, 1.54) is 18.6 Å². The Balaban J connectivity index is 1.34. The molecule has 1 aromatic rings. The first kappa shape index (κ1) is 33.4. The summed E-state index contributed by atoms with van der Waals surface area (Å²) >= 11 is 0. The Bertz CT molecular complexity index is 1480. The van der Waals surface area contributed by atoms with Gasteiger partial charge in [-0.25, -0.2) is 5.21 Å². The molecular weight excluding hydrogens is 580 g/mol. The number of ketones is 1. The summed E-state index contributed by atoms with van der Waals surface area (Å²) < 4.78 is 5.86. The van der Waals surface area contributed by atoms with Crippen molar-refractivity contribution in [1.29, 1.82) is 0 Å². The Labute approximate surface area is 274 Å². The minimum Gasteiger partial charge on any atom is -0.595 e. The molecule has 5 aliphatic carbocycles. The van der Waals surface area contributed by atoms with Crippen molar-refractivity contribution in [1.82, 2.24) is 0 Å². The predicted molar refractivity (Wildman–Crippen MR) is 176 cm³/mol. The lowest BCUT2D eigenvalue weighted by Crippen LogP contribution is -2.99. The monoisotopic (exact) mass is 634 g/mol. The van der Waals surface area contributed by atoms with Crippen LogP contribution in [0.25, 0.3) is 0 Å². The third-order valence-corrected chi connectivity index (χ3v) is 14.8. The molecule has 4 fully saturated rings. The summed E-state index contributed by atoms with van der Waals surface area (Å²) in [6.45, 7) is 17.5. The molecule has 0 saturated heterocycles. The van der Waals surface area contributed by atoms with Gasteiger partial charge in [-0.05, 0) is 103 Å². The Morgan fingerprint density at radius 1 is 0.957 bits per heavy atom. The molecule has 4 saturated carbocycles. The van der Waals surface area contributed by atoms with Crippen molar-refractivity contribution in [3.63, 3.8) is 0 Å². The second-order valence-electron chi connectivity index (χ2n) is 17.5. The van der Waals surface area contributed by atoms with Crippen LogP contribution < -0.4 is 10.5 Å². The van der Waals surface area contributed by atoms with Gasteiger partial charge in [-0.2, -0.15) is 5.23 Å². The van der Waals surface area contributed by atoms with Crippen molar-refractivity contribution in [2.45, 2.75) is 119 Å². The average Bonchev–Trinajstić information content (AvgIpc) is 2.96. The van der Waals surface area contributed by atoms with Crippen molar-refractivity contribution in [3.05, 3.63) is 41.1 Å². The molecule has 0 aromatic heterocycles. The zero-order chi connectivity index (χ0) is 33.7. The molecule has 1 unspecified atom stereocenters. The summed E-state index contributed by atoms with van der Waals surface area (Å²) in [4.78, 5) is 40.7. The number of hydrogen-bond acceptors (Lipinski definition) is 6. The van der Waals surface area contributed by atoms with Crippen LogP contribution >= 0.6 is 0 Å². The van der Waals surface area contributed by atoms with Crippen LogP contribution in [-0.4, -0.2) is 29.0 Å². The molecule has 6 rings (SSSR count). The zero-order valence-corrected chi connectivity index (χ0v) is 29.0. The fourth-order valence-electron chi connectivity index (χ4n) is 11.8. The highest BCUT2D eigenvalue weighted by Crippen LogP contribution is 2.75. The van der Waals surface area contributed by atoms with E-state index in [0.29, 0.717) is 12.1 Å². The van der Waals surface area contributed by atoms with Crippen molar-refractivity contribution in [2.24, 2.45) is 50.2 Å². The number of anilines is 1. The fraction of sp³-hybridized carbons (Fsp3) is 0.711. The first-order valence-electron chi connectivity index (χ1n) is 17.4. The van der Waals surface area contributed by atoms with E-state index in [1.807, 2.05) is 13.0 Å². The number of benzene rings is 1. The number of hydrogen-bond donors (Lipinski definition) is 3. The summed E-state index contributed by atoms with van der Waals surface area (Å²) in [6.07, 6.45) is 9.78. The average molecular weight is 635 g/mol. The van der Waals surface area contributed by atoms with Crippen LogP contribution in [0.5, 0.6) is 0 Å². The maximum atomic E-state index is 14.7. The summed E-state index contributed by atoms with van der Waals surface area (Å²) in [5.74, 6) is 0.0973. The van der Waals surface area contributed by atoms with Gasteiger partial charge in [0, 0.05) is 29.7 Å². The van der Waals surface area contributed by atoms with Crippen LogP contribution in [0.1, 0.15) is 113 Å². The summed E-state index contributed by atoms with van der Waals surface area (Å²) in [5, 5.41) is 23.5. The van der Waals surface area contributed by atoms with E-state index in [9.17, 15) is 24.8 Å². The lowest BCUT2D eigenvalue weighted by Gasteiger charge is -2.70. The molecule has 252 valence electrons. The maximum Gasteiger partial charge on any atom is 0.302 e. The zero-order valence-electron chi connectivity index (χ0n) is 29.0. The normalized spacial score (nSPS) is 43.5. The largest absolute Gasteiger partial charge is 0.595 e. The smallest absolute Gasteiger partial charge is 0.302 e. The number of fused-ring (bicyclic) bond motifs is 7. The van der Waals surface area contributed by atoms with Gasteiger partial charge in [0.15, 0.2) is 11.5 Å². The number of carbonyl (C=O) groups excluding carboxylic acids is 3. The molecule has 0 radical (unpaired) electrons. The fourth-order valence-corrected chi connectivity index (χ4v) is 11.8. The van der Waals surface area contributed by atoms with E-state index in [-0.39, 0.29) is 74.3 Å². The van der Waals surface area contributed by atoms with Crippen molar-refractivity contribution in [3.8, 4) is 0 Å². The van der Waals surface area contributed by atoms with Gasteiger partial charge in [0.1, 0.15) is 11.8 Å². The lowest BCUT2D eigenvalue weighted by molar-refractivity contribution is -0.990. The van der Waals surface area contributed by atoms with E-state index < -0.39 is 10.6 Å². The number of amides is 1. The Kier molecular flexibility index (Phi) is 7.78. The Morgan fingerprint density at radius 3 is 2.30 bits per heavy atom. The Hall–Kier alpha value is -2.55. The van der Waals surface area contributed by atoms with Gasteiger partial charge in [-0.3, -0.25) is 14.4 Å². The highest BCUT2D eigenvalue weighted by molar-refractivity contribution is 5.97. The van der Waals surface area contributed by atoms with Crippen molar-refractivity contribution >= 4 is 29.0 Å². The predicted octanol–water partition coefficient (Wildman–Crippen LogP) is 6.94. The topological polar surface area (TPSA) is 120 Å². The van der Waals surface area contributed by atoms with E-state index in [2.05, 4.69) is 46.9 Å². The number of rotatable bonds is 4. The number of ether oxygens (including phenoxy) is 1. The molecule has 0 bridgehead atoms. The van der Waals surface area contributed by atoms with Gasteiger partial charge in [0.25, 0.3) is 0 Å². The molecule has 8 heteroatoms. The molecule has 46 heavy (non-hydrogen) atoms. The molecule has 1 amide bonds. The number of allylic oxidation sites excluding steroid dienone is 2. The third-order valence-electron chi connectivity index (χ3n) is 14.8. The van der Waals surface area contributed by atoms with Crippen LogP contribution in [-0.2, 0) is 19.1 Å². The summed E-state index contributed by atoms with van der Waals surface area (Å²) in [6, 6.07) is 6.57. The van der Waals surface area contributed by atoms with Gasteiger partial charge in [-0.1, -0.05) is 66.2 Å². The first-order valence-corrected chi connectivity index (χ1v) is 17.4. The van der Waals surface area contributed by atoms with Gasteiger partial charge in [0.05, 0.1) is 0 Å². The highest BCUT2D eigenvalue weighted by atomic mass is 16.8. The molecule has 0 heterocycles. The van der Waals surface area contributed by atoms with Gasteiger partial charge in [0.2, 0.25) is 5.91 Å². The minimum absolute atomic E-state index is 0.00122. The summed E-state index contributed by atoms with van der Waals surface area (Å²) in [5.41, 5.74) is 0.123. The minimum atomic E-state index is -1.07. The third kappa shape index (κ3) is 4.67. The van der Waals surface area contributed by atoms with Crippen molar-refractivity contribution in [2.75, 3.05) is 5.32 Å². The number of para-hydroxylation sites is 2. The van der Waals surface area contributed by atoms with Crippen LogP contribution in [0.15, 0.2) is 35.9 Å². The van der Waals surface area contributed by atoms with E-state index >= 15 is 0 Å². The number of carbonyl (C=O) groups is 3. The van der Waals surface area contributed by atoms with Gasteiger partial charge < -0.3 is 15.3 Å². The second-order valence-corrected chi connectivity index (χ2v) is 17.5. The molecule has 8 nitrogen and oxygen atoms in total. The molecule has 0 spiro atoms. The number of esters is 1. The number of nitrogens with one attached hydrogen (secondary N) is 2. The summed E-state index contributed by atoms with van der Waals surface area (Å²) in [7, 11) is 0. The quantitative estimate of drug-likeness (QED) is 0.244. The van der Waals surface area contributed by atoms with E-state index in [4.69, 9.17) is 4.74 Å². The highest BCUT2D eigenvalue weighted by Gasteiger charge is 2.70.